The number of nitrogens with zero attached hydrogens (tertiary/aromatic N) is 2. The van der Waals surface area contributed by atoms with Crippen molar-refractivity contribution in [2.45, 2.75) is 38.8 Å². The Labute approximate surface area is 148 Å². The van der Waals surface area contributed by atoms with Crippen molar-refractivity contribution in [1.82, 2.24) is 10.3 Å². The Balaban J connectivity index is 1.40. The zero-order valence-electron chi connectivity index (χ0n) is 14.9. The van der Waals surface area contributed by atoms with Crippen LogP contribution in [0.25, 0.3) is 11.0 Å². The number of hydrogen-bond donors (Lipinski definition) is 1. The minimum Gasteiger partial charge on any atom is -0.459 e. The fraction of sp³-hybridized carbons (Fsp3) is 0.381. The molecule has 0 spiro atoms. The fourth-order valence-electron chi connectivity index (χ4n) is 3.85. The van der Waals surface area contributed by atoms with Crippen LogP contribution in [0, 0.1) is 6.92 Å². The van der Waals surface area contributed by atoms with Crippen LogP contribution in [0.4, 0.5) is 5.82 Å². The summed E-state index contributed by atoms with van der Waals surface area (Å²) in [6.07, 6.45) is 4.12. The van der Waals surface area contributed by atoms with Crippen LogP contribution in [0.5, 0.6) is 0 Å². The lowest BCUT2D eigenvalue weighted by atomic mass is 10.0. The van der Waals surface area contributed by atoms with E-state index < -0.39 is 0 Å². The Kier molecular flexibility index (Phi) is 4.45. The van der Waals surface area contributed by atoms with E-state index in [1.807, 2.05) is 24.4 Å². The van der Waals surface area contributed by atoms with Crippen molar-refractivity contribution in [3.05, 3.63) is 60.0 Å². The van der Waals surface area contributed by atoms with Gasteiger partial charge in [-0.3, -0.25) is 0 Å². The number of benzene rings is 1. The molecule has 0 amide bonds. The van der Waals surface area contributed by atoms with Crippen LogP contribution in [0.3, 0.4) is 0 Å². The normalized spacial score (nSPS) is 17.1. The van der Waals surface area contributed by atoms with Crippen molar-refractivity contribution in [3.8, 4) is 0 Å². The van der Waals surface area contributed by atoms with Gasteiger partial charge < -0.3 is 14.6 Å². The number of hydrogen-bond acceptors (Lipinski definition) is 4. The topological polar surface area (TPSA) is 41.3 Å². The number of aromatic nitrogens is 1. The average Bonchev–Trinajstić information content (AvgIpc) is 3.00. The average molecular weight is 335 g/mol. The summed E-state index contributed by atoms with van der Waals surface area (Å²) in [6, 6.07) is 15.1. The van der Waals surface area contributed by atoms with Gasteiger partial charge in [0, 0.05) is 30.7 Å². The molecule has 4 nitrogen and oxygen atoms in total. The minimum absolute atomic E-state index is 0.221. The Hall–Kier alpha value is -2.33. The highest BCUT2D eigenvalue weighted by atomic mass is 16.3. The number of para-hydroxylation sites is 1. The van der Waals surface area contributed by atoms with Gasteiger partial charge in [0.05, 0.1) is 6.04 Å². The number of anilines is 1. The molecule has 1 N–H and O–H groups in total. The first-order valence-electron chi connectivity index (χ1n) is 9.12. The van der Waals surface area contributed by atoms with Crippen molar-refractivity contribution in [3.63, 3.8) is 0 Å². The molecule has 130 valence electrons. The van der Waals surface area contributed by atoms with Crippen molar-refractivity contribution >= 4 is 16.8 Å². The van der Waals surface area contributed by atoms with Gasteiger partial charge in [0.25, 0.3) is 0 Å². The minimum atomic E-state index is 0.221. The zero-order valence-corrected chi connectivity index (χ0v) is 14.9. The molecular weight excluding hydrogens is 310 g/mol. The summed E-state index contributed by atoms with van der Waals surface area (Å²) < 4.78 is 6.11. The largest absolute Gasteiger partial charge is 0.459 e. The van der Waals surface area contributed by atoms with Crippen LogP contribution in [-0.2, 0) is 0 Å². The maximum atomic E-state index is 6.11. The van der Waals surface area contributed by atoms with E-state index in [0.29, 0.717) is 6.04 Å². The third-order valence-corrected chi connectivity index (χ3v) is 5.23. The Morgan fingerprint density at radius 2 is 1.88 bits per heavy atom. The number of aryl methyl sites for hydroxylation is 1. The van der Waals surface area contributed by atoms with Crippen LogP contribution in [0.15, 0.2) is 53.1 Å². The lowest BCUT2D eigenvalue weighted by Gasteiger charge is -2.34. The van der Waals surface area contributed by atoms with Crippen molar-refractivity contribution in [2.24, 2.45) is 0 Å². The van der Waals surface area contributed by atoms with E-state index in [1.54, 1.807) is 0 Å². The van der Waals surface area contributed by atoms with Crippen molar-refractivity contribution in [1.29, 1.82) is 0 Å². The Morgan fingerprint density at radius 1 is 1.12 bits per heavy atom. The molecule has 3 heterocycles. The second-order valence-electron chi connectivity index (χ2n) is 6.93. The zero-order chi connectivity index (χ0) is 17.2. The molecule has 0 aliphatic carbocycles. The molecule has 0 radical (unpaired) electrons. The van der Waals surface area contributed by atoms with Gasteiger partial charge in [-0.2, -0.15) is 0 Å². The predicted octanol–water partition coefficient (Wildman–Crippen LogP) is 4.46. The van der Waals surface area contributed by atoms with Crippen LogP contribution in [0.2, 0.25) is 0 Å². The van der Waals surface area contributed by atoms with Gasteiger partial charge >= 0.3 is 0 Å². The van der Waals surface area contributed by atoms with E-state index in [2.05, 4.69) is 53.3 Å². The molecule has 4 heteroatoms. The van der Waals surface area contributed by atoms with Gasteiger partial charge in [0.1, 0.15) is 17.2 Å². The molecule has 1 unspecified atom stereocenters. The highest BCUT2D eigenvalue weighted by Gasteiger charge is 2.24. The SMILES string of the molecule is Cc1c(C(C)NC2CCN(c3ccccn3)CC2)oc2ccccc12. The summed E-state index contributed by atoms with van der Waals surface area (Å²) in [6.45, 7) is 6.44. The maximum Gasteiger partial charge on any atom is 0.134 e. The van der Waals surface area contributed by atoms with E-state index in [4.69, 9.17) is 4.42 Å². The molecule has 1 atom stereocenters. The van der Waals surface area contributed by atoms with Gasteiger partial charge in [-0.15, -0.1) is 0 Å². The first kappa shape index (κ1) is 16.2. The summed E-state index contributed by atoms with van der Waals surface area (Å²) in [5.41, 5.74) is 2.23. The molecular formula is C21H25N3O. The summed E-state index contributed by atoms with van der Waals surface area (Å²) in [4.78, 5) is 6.83. The number of pyridine rings is 1. The fourth-order valence-corrected chi connectivity index (χ4v) is 3.85. The van der Waals surface area contributed by atoms with Gasteiger partial charge in [0.15, 0.2) is 0 Å². The number of piperidine rings is 1. The summed E-state index contributed by atoms with van der Waals surface area (Å²) in [7, 11) is 0. The van der Waals surface area contributed by atoms with E-state index in [-0.39, 0.29) is 6.04 Å². The number of nitrogens with one attached hydrogen (secondary N) is 1. The molecule has 2 aromatic heterocycles. The van der Waals surface area contributed by atoms with E-state index in [9.17, 15) is 0 Å². The molecule has 1 fully saturated rings. The van der Waals surface area contributed by atoms with Crippen LogP contribution < -0.4 is 10.2 Å². The maximum absolute atomic E-state index is 6.11. The molecule has 3 aromatic rings. The van der Waals surface area contributed by atoms with E-state index in [1.165, 1.54) is 10.9 Å². The summed E-state index contributed by atoms with van der Waals surface area (Å²) in [5, 5.41) is 4.99. The van der Waals surface area contributed by atoms with Gasteiger partial charge in [-0.25, -0.2) is 4.98 Å². The third kappa shape index (κ3) is 3.27. The molecule has 0 bridgehead atoms. The van der Waals surface area contributed by atoms with Crippen LogP contribution in [0.1, 0.15) is 37.1 Å². The monoisotopic (exact) mass is 335 g/mol. The summed E-state index contributed by atoms with van der Waals surface area (Å²) in [5.74, 6) is 2.15. The highest BCUT2D eigenvalue weighted by Crippen LogP contribution is 2.30. The lowest BCUT2D eigenvalue weighted by Crippen LogP contribution is -2.43. The smallest absolute Gasteiger partial charge is 0.134 e. The Bertz CT molecular complexity index is 835. The number of fused-ring (bicyclic) bond motifs is 1. The molecule has 1 aromatic carbocycles. The molecule has 25 heavy (non-hydrogen) atoms. The second kappa shape index (κ2) is 6.89. The third-order valence-electron chi connectivity index (χ3n) is 5.23. The Morgan fingerprint density at radius 3 is 2.60 bits per heavy atom. The standard InChI is InChI=1S/C21H25N3O/c1-15-18-7-3-4-8-19(18)25-21(15)16(2)23-17-10-13-24(14-11-17)20-9-5-6-12-22-20/h3-9,12,16-17,23H,10-11,13-14H2,1-2H3. The van der Waals surface area contributed by atoms with Crippen molar-refractivity contribution in [2.75, 3.05) is 18.0 Å². The number of rotatable bonds is 4. The molecule has 1 aliphatic heterocycles. The molecule has 1 aliphatic rings. The van der Waals surface area contributed by atoms with E-state index >= 15 is 0 Å². The summed E-state index contributed by atoms with van der Waals surface area (Å²) >= 11 is 0. The second-order valence-corrected chi connectivity index (χ2v) is 6.93. The first-order chi connectivity index (χ1) is 12.2. The van der Waals surface area contributed by atoms with Gasteiger partial charge in [0.2, 0.25) is 0 Å². The molecule has 1 saturated heterocycles. The quantitative estimate of drug-likeness (QED) is 0.764. The first-order valence-corrected chi connectivity index (χ1v) is 9.12. The van der Waals surface area contributed by atoms with Crippen molar-refractivity contribution < 1.29 is 4.42 Å². The number of furan rings is 1. The highest BCUT2D eigenvalue weighted by molar-refractivity contribution is 5.82. The lowest BCUT2D eigenvalue weighted by molar-refractivity contribution is 0.351. The molecule has 0 saturated carbocycles. The van der Waals surface area contributed by atoms with E-state index in [0.717, 1.165) is 43.1 Å². The van der Waals surface area contributed by atoms with Crippen LogP contribution >= 0.6 is 0 Å². The van der Waals surface area contributed by atoms with Crippen LogP contribution in [-0.4, -0.2) is 24.1 Å². The molecule has 4 rings (SSSR count). The predicted molar refractivity (Wildman–Crippen MR) is 102 cm³/mol. The van der Waals surface area contributed by atoms with Gasteiger partial charge in [-0.05, 0) is 50.5 Å². The van der Waals surface area contributed by atoms with Gasteiger partial charge in [-0.1, -0.05) is 24.3 Å².